The monoisotopic (exact) mass is 686 g/mol. The summed E-state index contributed by atoms with van der Waals surface area (Å²) in [6.45, 7) is 26.6. The van der Waals surface area contributed by atoms with E-state index >= 15 is 0 Å². The van der Waals surface area contributed by atoms with Gasteiger partial charge in [-0.25, -0.2) is 0 Å². The van der Waals surface area contributed by atoms with Gasteiger partial charge in [0.25, 0.3) is 0 Å². The van der Waals surface area contributed by atoms with Gasteiger partial charge in [0, 0.05) is 0 Å². The van der Waals surface area contributed by atoms with Gasteiger partial charge in [0.15, 0.2) is 16.6 Å². The standard InChI is InChI=1S/C32H54O5Si6/c1-29(30-22-16-13-17-23-30)28-42(12,34-39(5,6)7)35-41(10,11)37-43(31-24-18-14-19-25-31,32-26-20-15-21-27-32)36-40(8,9)33-38(2,3)4/h13-27,29H,28H2,1-12H3. The molecule has 3 aromatic carbocycles. The van der Waals surface area contributed by atoms with Crippen LogP contribution in [0.3, 0.4) is 0 Å². The minimum atomic E-state index is -3.31. The molecule has 0 aromatic heterocycles. The summed E-state index contributed by atoms with van der Waals surface area (Å²) >= 11 is 0. The summed E-state index contributed by atoms with van der Waals surface area (Å²) in [5, 5.41) is 2.13. The van der Waals surface area contributed by atoms with Gasteiger partial charge in [-0.2, -0.15) is 0 Å². The largest absolute Gasteiger partial charge is 0.437 e. The Balaban J connectivity index is 2.11. The van der Waals surface area contributed by atoms with Crippen LogP contribution in [0.15, 0.2) is 91.0 Å². The normalized spacial score (nSPS) is 15.6. The Labute approximate surface area is 268 Å². The summed E-state index contributed by atoms with van der Waals surface area (Å²) < 4.78 is 36.0. The van der Waals surface area contributed by atoms with E-state index in [1.807, 2.05) is 12.1 Å². The second-order valence-electron chi connectivity index (χ2n) is 14.5. The third-order valence-corrected chi connectivity index (χ3v) is 28.7. The first-order chi connectivity index (χ1) is 19.7. The lowest BCUT2D eigenvalue weighted by Gasteiger charge is -2.46. The molecule has 236 valence electrons. The predicted octanol–water partition coefficient (Wildman–Crippen LogP) is 8.28. The highest BCUT2D eigenvalue weighted by Crippen LogP contribution is 2.34. The zero-order valence-electron chi connectivity index (χ0n) is 28.5. The second-order valence-corrected chi connectivity index (χ2v) is 37.7. The van der Waals surface area contributed by atoms with Gasteiger partial charge in [-0.1, -0.05) is 97.9 Å². The van der Waals surface area contributed by atoms with Crippen molar-refractivity contribution in [2.45, 2.75) is 90.9 Å². The molecule has 0 amide bonds. The van der Waals surface area contributed by atoms with Crippen LogP contribution in [0.5, 0.6) is 0 Å². The maximum atomic E-state index is 7.52. The Kier molecular flexibility index (Phi) is 11.8. The van der Waals surface area contributed by atoms with E-state index < -0.39 is 50.9 Å². The molecule has 0 saturated heterocycles. The number of rotatable bonds is 15. The average molecular weight is 687 g/mol. The van der Waals surface area contributed by atoms with Crippen LogP contribution in [0.25, 0.3) is 0 Å². The molecule has 0 aliphatic carbocycles. The fourth-order valence-electron chi connectivity index (χ4n) is 5.94. The zero-order chi connectivity index (χ0) is 32.2. The molecule has 2 unspecified atom stereocenters. The molecule has 0 N–H and O–H groups in total. The van der Waals surface area contributed by atoms with Crippen molar-refractivity contribution in [1.82, 2.24) is 0 Å². The van der Waals surface area contributed by atoms with Crippen molar-refractivity contribution in [3.63, 3.8) is 0 Å². The summed E-state index contributed by atoms with van der Waals surface area (Å²) in [7, 11) is -15.4. The van der Waals surface area contributed by atoms with Gasteiger partial charge in [-0.15, -0.1) is 0 Å². The first kappa shape index (κ1) is 36.2. The van der Waals surface area contributed by atoms with Gasteiger partial charge in [0.05, 0.1) is 0 Å². The molecule has 0 aliphatic heterocycles. The molecule has 5 nitrogen and oxygen atoms in total. The van der Waals surface area contributed by atoms with Crippen LogP contribution in [0.4, 0.5) is 0 Å². The summed E-state index contributed by atoms with van der Waals surface area (Å²) in [6.07, 6.45) is 0. The molecule has 3 aromatic rings. The minimum Gasteiger partial charge on any atom is -0.437 e. The van der Waals surface area contributed by atoms with Crippen LogP contribution >= 0.6 is 0 Å². The number of hydrogen-bond acceptors (Lipinski definition) is 5. The van der Waals surface area contributed by atoms with Crippen LogP contribution < -0.4 is 10.4 Å². The van der Waals surface area contributed by atoms with Crippen molar-refractivity contribution in [2.24, 2.45) is 0 Å². The zero-order valence-corrected chi connectivity index (χ0v) is 34.5. The number of benzene rings is 3. The Morgan fingerprint density at radius 1 is 0.465 bits per heavy atom. The van der Waals surface area contributed by atoms with Crippen LogP contribution in [-0.2, 0) is 20.6 Å². The van der Waals surface area contributed by atoms with E-state index in [9.17, 15) is 0 Å². The van der Waals surface area contributed by atoms with E-state index in [2.05, 4.69) is 158 Å². The molecule has 2 atom stereocenters. The van der Waals surface area contributed by atoms with E-state index in [0.717, 1.165) is 16.4 Å². The fraction of sp³-hybridized carbons (Fsp3) is 0.438. The summed E-state index contributed by atoms with van der Waals surface area (Å²) in [5.41, 5.74) is 1.31. The smallest absolute Gasteiger partial charge is 0.389 e. The average Bonchev–Trinajstić information content (AvgIpc) is 2.86. The molecule has 0 fully saturated rings. The molecule has 3 rings (SSSR count). The predicted molar refractivity (Wildman–Crippen MR) is 196 cm³/mol. The topological polar surface area (TPSA) is 46.2 Å². The van der Waals surface area contributed by atoms with E-state index in [1.165, 1.54) is 5.56 Å². The van der Waals surface area contributed by atoms with Crippen molar-refractivity contribution < 1.29 is 20.6 Å². The highest BCUT2D eigenvalue weighted by molar-refractivity contribution is 7.02. The van der Waals surface area contributed by atoms with Gasteiger partial charge in [-0.3, -0.25) is 0 Å². The maximum absolute atomic E-state index is 7.52. The molecule has 0 spiro atoms. The third-order valence-electron chi connectivity index (χ3n) is 6.67. The van der Waals surface area contributed by atoms with Crippen LogP contribution in [0, 0.1) is 0 Å². The summed E-state index contributed by atoms with van der Waals surface area (Å²) in [6, 6.07) is 32.5. The van der Waals surface area contributed by atoms with Gasteiger partial charge >= 0.3 is 34.2 Å². The highest BCUT2D eigenvalue weighted by atomic mass is 28.5. The summed E-state index contributed by atoms with van der Waals surface area (Å²) in [5.74, 6) is 0.303. The Morgan fingerprint density at radius 2 is 0.837 bits per heavy atom. The van der Waals surface area contributed by atoms with Crippen LogP contribution in [0.1, 0.15) is 18.4 Å². The first-order valence-corrected chi connectivity index (χ1v) is 32.2. The van der Waals surface area contributed by atoms with E-state index in [1.54, 1.807) is 0 Å². The van der Waals surface area contributed by atoms with Crippen LogP contribution in [-0.4, -0.2) is 50.9 Å². The Morgan fingerprint density at radius 3 is 1.23 bits per heavy atom. The van der Waals surface area contributed by atoms with Crippen LogP contribution in [0.2, 0.25) is 78.1 Å². The lowest BCUT2D eigenvalue weighted by Crippen LogP contribution is -2.72. The van der Waals surface area contributed by atoms with Gasteiger partial charge in [0.1, 0.15) is 0 Å². The van der Waals surface area contributed by atoms with Crippen molar-refractivity contribution in [3.8, 4) is 0 Å². The molecule has 11 heteroatoms. The Hall–Kier alpha value is -1.24. The van der Waals surface area contributed by atoms with E-state index in [4.69, 9.17) is 20.6 Å². The summed E-state index contributed by atoms with van der Waals surface area (Å²) in [4.78, 5) is 0. The van der Waals surface area contributed by atoms with Gasteiger partial charge in [-0.05, 0) is 99.9 Å². The molecule has 43 heavy (non-hydrogen) atoms. The SMILES string of the molecule is CC(C[Si](C)(O[Si](C)(C)C)O[Si](C)(C)O[Si](O[Si](C)(C)O[Si](C)(C)C)(c1ccccc1)c1ccccc1)c1ccccc1. The maximum Gasteiger partial charge on any atom is 0.389 e. The molecule has 0 radical (unpaired) electrons. The van der Waals surface area contributed by atoms with Gasteiger partial charge < -0.3 is 20.6 Å². The lowest BCUT2D eigenvalue weighted by atomic mass is 10.0. The van der Waals surface area contributed by atoms with E-state index in [0.29, 0.717) is 5.92 Å². The third kappa shape index (κ3) is 11.3. The molecular formula is C32H54O5Si6. The van der Waals surface area contributed by atoms with Crippen molar-refractivity contribution in [3.05, 3.63) is 96.6 Å². The number of hydrogen-bond donors (Lipinski definition) is 0. The quantitative estimate of drug-likeness (QED) is 0.151. The first-order valence-electron chi connectivity index (χ1n) is 15.4. The highest BCUT2D eigenvalue weighted by Gasteiger charge is 2.54. The second kappa shape index (κ2) is 14.0. The molecule has 0 heterocycles. The minimum absolute atomic E-state index is 0.303. The fourth-order valence-corrected chi connectivity index (χ4v) is 34.4. The molecule has 0 bridgehead atoms. The molecular weight excluding hydrogens is 633 g/mol. The lowest BCUT2D eigenvalue weighted by molar-refractivity contribution is 0.286. The molecule has 0 saturated carbocycles. The van der Waals surface area contributed by atoms with Crippen molar-refractivity contribution in [2.75, 3.05) is 0 Å². The van der Waals surface area contributed by atoms with Crippen molar-refractivity contribution >= 4 is 61.3 Å². The van der Waals surface area contributed by atoms with Gasteiger partial charge in [0.2, 0.25) is 0 Å². The van der Waals surface area contributed by atoms with Crippen molar-refractivity contribution in [1.29, 1.82) is 0 Å². The Bertz CT molecular complexity index is 1240. The van der Waals surface area contributed by atoms with E-state index in [-0.39, 0.29) is 0 Å². The molecule has 0 aliphatic rings.